The Kier molecular flexibility index (Phi) is 3.63. The zero-order valence-corrected chi connectivity index (χ0v) is 11.8. The molecule has 0 saturated carbocycles. The monoisotopic (exact) mass is 297 g/mol. The van der Waals surface area contributed by atoms with Crippen LogP contribution in [0.5, 0.6) is 0 Å². The van der Waals surface area contributed by atoms with Crippen LogP contribution < -0.4 is 5.32 Å². The second-order valence-electron chi connectivity index (χ2n) is 3.81. The summed E-state index contributed by atoms with van der Waals surface area (Å²) in [6, 6.07) is 0.0341. The summed E-state index contributed by atoms with van der Waals surface area (Å²) in [6.45, 7) is 2.91. The third-order valence-corrected chi connectivity index (χ3v) is 3.42. The first-order valence-electron chi connectivity index (χ1n) is 5.54. The van der Waals surface area contributed by atoms with E-state index in [0.29, 0.717) is 0 Å². The number of nitrogens with zero attached hydrogens (tertiary/aromatic N) is 4. The van der Waals surface area contributed by atoms with Crippen molar-refractivity contribution in [2.75, 3.05) is 7.05 Å². The van der Waals surface area contributed by atoms with Crippen LogP contribution in [0.1, 0.15) is 24.5 Å². The lowest BCUT2D eigenvalue weighted by atomic mass is 10.2. The van der Waals surface area contributed by atoms with Crippen LogP contribution in [-0.2, 0) is 13.6 Å². The quantitative estimate of drug-likeness (QED) is 0.935. The predicted molar refractivity (Wildman–Crippen MR) is 69.7 cm³/mol. The largest absolute Gasteiger partial charge is 0.336 e. The third-order valence-electron chi connectivity index (χ3n) is 2.81. The first kappa shape index (κ1) is 12.3. The van der Waals surface area contributed by atoms with E-state index >= 15 is 0 Å². The molecule has 1 N–H and O–H groups in total. The van der Waals surface area contributed by atoms with Crippen LogP contribution in [0.25, 0.3) is 0 Å². The van der Waals surface area contributed by atoms with E-state index in [-0.39, 0.29) is 6.04 Å². The Bertz CT molecular complexity index is 502. The topological polar surface area (TPSA) is 47.7 Å². The molecule has 2 aromatic heterocycles. The van der Waals surface area contributed by atoms with Gasteiger partial charge in [0, 0.05) is 26.0 Å². The second-order valence-corrected chi connectivity index (χ2v) is 4.67. The van der Waals surface area contributed by atoms with Crippen molar-refractivity contribution in [1.29, 1.82) is 0 Å². The normalized spacial score (nSPS) is 12.9. The Morgan fingerprint density at radius 1 is 1.53 bits per heavy atom. The van der Waals surface area contributed by atoms with Gasteiger partial charge in [-0.2, -0.15) is 5.10 Å². The highest BCUT2D eigenvalue weighted by atomic mass is 79.9. The lowest BCUT2D eigenvalue weighted by Gasteiger charge is -2.18. The molecule has 0 amide bonds. The number of aryl methyl sites for hydroxylation is 2. The summed E-state index contributed by atoms with van der Waals surface area (Å²) < 4.78 is 4.99. The summed E-state index contributed by atoms with van der Waals surface area (Å²) in [6.07, 6.45) is 5.58. The zero-order valence-electron chi connectivity index (χ0n) is 10.2. The van der Waals surface area contributed by atoms with E-state index in [1.807, 2.05) is 35.7 Å². The Labute approximate surface area is 109 Å². The minimum absolute atomic E-state index is 0.0341. The van der Waals surface area contributed by atoms with Gasteiger partial charge in [-0.15, -0.1) is 0 Å². The van der Waals surface area contributed by atoms with Gasteiger partial charge in [-0.05, 0) is 29.9 Å². The number of hydrogen-bond donors (Lipinski definition) is 1. The third kappa shape index (κ3) is 2.14. The van der Waals surface area contributed by atoms with Crippen molar-refractivity contribution in [2.24, 2.45) is 7.05 Å². The fraction of sp³-hybridized carbons (Fsp3) is 0.455. The smallest absolute Gasteiger partial charge is 0.131 e. The van der Waals surface area contributed by atoms with Crippen LogP contribution in [0.15, 0.2) is 23.1 Å². The first-order chi connectivity index (χ1) is 8.19. The predicted octanol–water partition coefficient (Wildman–Crippen LogP) is 1.71. The lowest BCUT2D eigenvalue weighted by Crippen LogP contribution is -2.24. The van der Waals surface area contributed by atoms with Crippen molar-refractivity contribution in [1.82, 2.24) is 24.6 Å². The summed E-state index contributed by atoms with van der Waals surface area (Å²) >= 11 is 3.55. The van der Waals surface area contributed by atoms with Gasteiger partial charge in [-0.3, -0.25) is 4.68 Å². The van der Waals surface area contributed by atoms with Crippen LogP contribution in [0.4, 0.5) is 0 Å². The first-order valence-corrected chi connectivity index (χ1v) is 6.34. The molecule has 0 saturated heterocycles. The van der Waals surface area contributed by atoms with Crippen LogP contribution in [-0.4, -0.2) is 26.4 Å². The van der Waals surface area contributed by atoms with E-state index in [4.69, 9.17) is 0 Å². The number of nitrogens with one attached hydrogen (secondary N) is 1. The Hall–Kier alpha value is -1.14. The molecule has 2 heterocycles. The molecule has 92 valence electrons. The molecule has 2 rings (SSSR count). The van der Waals surface area contributed by atoms with Crippen molar-refractivity contribution < 1.29 is 0 Å². The molecule has 5 nitrogen and oxygen atoms in total. The second kappa shape index (κ2) is 5.01. The van der Waals surface area contributed by atoms with Crippen molar-refractivity contribution in [3.63, 3.8) is 0 Å². The molecular formula is C11H16BrN5. The van der Waals surface area contributed by atoms with E-state index in [2.05, 4.69) is 38.3 Å². The van der Waals surface area contributed by atoms with Crippen molar-refractivity contribution >= 4 is 15.9 Å². The van der Waals surface area contributed by atoms with E-state index < -0.39 is 0 Å². The van der Waals surface area contributed by atoms with Gasteiger partial charge in [0.05, 0.1) is 16.4 Å². The highest BCUT2D eigenvalue weighted by Crippen LogP contribution is 2.27. The minimum Gasteiger partial charge on any atom is -0.336 e. The number of hydrogen-bond acceptors (Lipinski definition) is 3. The molecule has 0 spiro atoms. The maximum atomic E-state index is 4.40. The molecule has 0 aliphatic rings. The van der Waals surface area contributed by atoms with Gasteiger partial charge in [0.15, 0.2) is 0 Å². The van der Waals surface area contributed by atoms with E-state index in [0.717, 1.165) is 22.5 Å². The Balaban J connectivity index is 2.49. The molecule has 0 aromatic carbocycles. The maximum Gasteiger partial charge on any atom is 0.131 e. The molecule has 6 heteroatoms. The van der Waals surface area contributed by atoms with Gasteiger partial charge in [0.1, 0.15) is 11.9 Å². The fourth-order valence-electron chi connectivity index (χ4n) is 1.95. The van der Waals surface area contributed by atoms with Crippen molar-refractivity contribution in [3.8, 4) is 0 Å². The van der Waals surface area contributed by atoms with E-state index in [1.165, 1.54) is 0 Å². The maximum absolute atomic E-state index is 4.40. The number of halogens is 1. The van der Waals surface area contributed by atoms with E-state index in [9.17, 15) is 0 Å². The van der Waals surface area contributed by atoms with Gasteiger partial charge in [0.25, 0.3) is 0 Å². The van der Waals surface area contributed by atoms with Gasteiger partial charge in [-0.25, -0.2) is 4.98 Å². The van der Waals surface area contributed by atoms with E-state index in [1.54, 1.807) is 6.20 Å². The molecule has 0 bridgehead atoms. The minimum atomic E-state index is 0.0341. The fourth-order valence-corrected chi connectivity index (χ4v) is 2.48. The summed E-state index contributed by atoms with van der Waals surface area (Å²) in [5.41, 5.74) is 1.10. The van der Waals surface area contributed by atoms with Gasteiger partial charge < -0.3 is 9.88 Å². The van der Waals surface area contributed by atoms with Gasteiger partial charge in [-0.1, -0.05) is 0 Å². The average Bonchev–Trinajstić information content (AvgIpc) is 2.89. The Morgan fingerprint density at radius 2 is 2.29 bits per heavy atom. The Morgan fingerprint density at radius 3 is 2.82 bits per heavy atom. The van der Waals surface area contributed by atoms with Crippen LogP contribution in [0.2, 0.25) is 0 Å². The number of imidazole rings is 1. The summed E-state index contributed by atoms with van der Waals surface area (Å²) in [4.78, 5) is 4.40. The molecular weight excluding hydrogens is 282 g/mol. The number of aromatic nitrogens is 4. The molecule has 1 atom stereocenters. The number of rotatable bonds is 4. The van der Waals surface area contributed by atoms with Crippen LogP contribution >= 0.6 is 15.9 Å². The van der Waals surface area contributed by atoms with Crippen molar-refractivity contribution in [2.45, 2.75) is 19.5 Å². The summed E-state index contributed by atoms with van der Waals surface area (Å²) in [5.74, 6) is 0.975. The summed E-state index contributed by atoms with van der Waals surface area (Å²) in [7, 11) is 3.92. The lowest BCUT2D eigenvalue weighted by molar-refractivity contribution is 0.534. The van der Waals surface area contributed by atoms with Gasteiger partial charge in [0.2, 0.25) is 0 Å². The van der Waals surface area contributed by atoms with Crippen LogP contribution in [0.3, 0.4) is 0 Å². The molecule has 2 aromatic rings. The molecule has 0 aliphatic carbocycles. The molecule has 1 unspecified atom stereocenters. The molecule has 17 heavy (non-hydrogen) atoms. The van der Waals surface area contributed by atoms with Crippen molar-refractivity contribution in [3.05, 3.63) is 34.6 Å². The molecule has 0 radical (unpaired) electrons. The highest BCUT2D eigenvalue weighted by Gasteiger charge is 2.22. The highest BCUT2D eigenvalue weighted by molar-refractivity contribution is 9.10. The molecule has 0 fully saturated rings. The van der Waals surface area contributed by atoms with Gasteiger partial charge >= 0.3 is 0 Å². The SMILES string of the molecule is CCn1ncc(Br)c1C(NC)c1nccn1C. The summed E-state index contributed by atoms with van der Waals surface area (Å²) in [5, 5.41) is 7.62. The zero-order chi connectivity index (χ0) is 12.4. The van der Waals surface area contributed by atoms with Crippen LogP contribution in [0, 0.1) is 0 Å². The standard InChI is InChI=1S/C11H16BrN5/c1-4-17-10(8(12)7-15-17)9(13-2)11-14-5-6-16(11)3/h5-7,9,13H,4H2,1-3H3. The average molecular weight is 298 g/mol. The molecule has 0 aliphatic heterocycles.